The minimum Gasteiger partial charge on any atom is -0.415 e. The normalized spacial score (nSPS) is 18.2. The predicted octanol–water partition coefficient (Wildman–Crippen LogP) is 4.12. The standard InChI is InChI=1S/C14H34O3Si2/c1-10-14(5,15-11-2)19(8,9)17-13(4)18(6,7)16-12-3/h13H,10-12H2,1-9H3. The summed E-state index contributed by atoms with van der Waals surface area (Å²) < 4.78 is 18.5. The van der Waals surface area contributed by atoms with Crippen LogP contribution in [0.4, 0.5) is 0 Å². The van der Waals surface area contributed by atoms with Gasteiger partial charge in [-0.3, -0.25) is 0 Å². The third-order valence-corrected chi connectivity index (χ3v) is 11.7. The van der Waals surface area contributed by atoms with E-state index < -0.39 is 16.6 Å². The van der Waals surface area contributed by atoms with Crippen molar-refractivity contribution in [2.75, 3.05) is 13.2 Å². The van der Waals surface area contributed by atoms with Crippen LogP contribution in [-0.2, 0) is 13.6 Å². The molecule has 0 aromatic rings. The van der Waals surface area contributed by atoms with Crippen molar-refractivity contribution in [1.29, 1.82) is 0 Å². The van der Waals surface area contributed by atoms with Crippen molar-refractivity contribution in [3.63, 3.8) is 0 Å². The van der Waals surface area contributed by atoms with Crippen LogP contribution in [0.5, 0.6) is 0 Å². The Balaban J connectivity index is 4.93. The smallest absolute Gasteiger partial charge is 0.217 e. The summed E-state index contributed by atoms with van der Waals surface area (Å²) in [4.78, 5) is 0. The molecule has 0 aliphatic rings. The van der Waals surface area contributed by atoms with E-state index in [1.807, 2.05) is 0 Å². The molecule has 116 valence electrons. The lowest BCUT2D eigenvalue weighted by atomic mass is 10.3. The van der Waals surface area contributed by atoms with E-state index in [1.54, 1.807) is 0 Å². The monoisotopic (exact) mass is 306 g/mol. The van der Waals surface area contributed by atoms with Crippen LogP contribution in [0.25, 0.3) is 0 Å². The molecule has 0 saturated carbocycles. The number of hydrogen-bond donors (Lipinski definition) is 0. The van der Waals surface area contributed by atoms with Gasteiger partial charge < -0.3 is 13.6 Å². The minimum atomic E-state index is -1.95. The van der Waals surface area contributed by atoms with Gasteiger partial charge in [-0.1, -0.05) is 6.92 Å². The predicted molar refractivity (Wildman–Crippen MR) is 87.5 cm³/mol. The molecule has 0 amide bonds. The first-order chi connectivity index (χ1) is 8.56. The highest BCUT2D eigenvalue weighted by atomic mass is 28.4. The van der Waals surface area contributed by atoms with E-state index in [-0.39, 0.29) is 11.0 Å². The Bertz CT molecular complexity index is 269. The van der Waals surface area contributed by atoms with Crippen LogP contribution in [0.1, 0.15) is 41.0 Å². The summed E-state index contributed by atoms with van der Waals surface area (Å²) in [6.45, 7) is 21.2. The van der Waals surface area contributed by atoms with Crippen LogP contribution in [0, 0.1) is 0 Å². The second kappa shape index (κ2) is 7.36. The van der Waals surface area contributed by atoms with E-state index in [4.69, 9.17) is 13.6 Å². The lowest BCUT2D eigenvalue weighted by Crippen LogP contribution is -2.60. The summed E-state index contributed by atoms with van der Waals surface area (Å²) in [7, 11) is -3.72. The molecule has 0 radical (unpaired) electrons. The molecule has 0 spiro atoms. The minimum absolute atomic E-state index is 0.132. The van der Waals surface area contributed by atoms with Gasteiger partial charge in [0.1, 0.15) is 0 Å². The van der Waals surface area contributed by atoms with E-state index in [9.17, 15) is 0 Å². The average molecular weight is 307 g/mol. The molecule has 3 nitrogen and oxygen atoms in total. The van der Waals surface area contributed by atoms with Gasteiger partial charge >= 0.3 is 0 Å². The van der Waals surface area contributed by atoms with Crippen LogP contribution in [0.2, 0.25) is 26.2 Å². The molecule has 2 atom stereocenters. The third kappa shape index (κ3) is 4.97. The molecule has 0 heterocycles. The molecule has 0 N–H and O–H groups in total. The van der Waals surface area contributed by atoms with E-state index in [0.717, 1.165) is 19.6 Å². The topological polar surface area (TPSA) is 27.7 Å². The van der Waals surface area contributed by atoms with Crippen molar-refractivity contribution in [3.05, 3.63) is 0 Å². The number of ether oxygens (including phenoxy) is 1. The first-order valence-corrected chi connectivity index (χ1v) is 13.4. The average Bonchev–Trinajstić information content (AvgIpc) is 2.28. The molecule has 0 aromatic heterocycles. The second-order valence-electron chi connectivity index (χ2n) is 6.32. The van der Waals surface area contributed by atoms with Gasteiger partial charge in [0.05, 0.1) is 11.0 Å². The largest absolute Gasteiger partial charge is 0.415 e. The van der Waals surface area contributed by atoms with Crippen LogP contribution in [0.15, 0.2) is 0 Å². The molecular formula is C14H34O3Si2. The van der Waals surface area contributed by atoms with Crippen LogP contribution < -0.4 is 0 Å². The SMILES string of the molecule is CCOC(C)(CC)[Si](C)(C)OC(C)[Si](C)(C)OCC. The van der Waals surface area contributed by atoms with E-state index in [1.165, 1.54) is 0 Å². The van der Waals surface area contributed by atoms with Gasteiger partial charge in [0, 0.05) is 13.2 Å². The summed E-state index contributed by atoms with van der Waals surface area (Å²) in [6, 6.07) is 0. The zero-order valence-corrected chi connectivity index (χ0v) is 16.4. The maximum Gasteiger partial charge on any atom is 0.217 e. The van der Waals surface area contributed by atoms with E-state index in [0.29, 0.717) is 0 Å². The molecule has 0 aliphatic heterocycles. The van der Waals surface area contributed by atoms with Crippen molar-refractivity contribution >= 4 is 16.6 Å². The molecule has 0 fully saturated rings. The van der Waals surface area contributed by atoms with Crippen molar-refractivity contribution in [3.8, 4) is 0 Å². The van der Waals surface area contributed by atoms with Gasteiger partial charge in [-0.2, -0.15) is 0 Å². The van der Waals surface area contributed by atoms with Crippen molar-refractivity contribution in [2.24, 2.45) is 0 Å². The van der Waals surface area contributed by atoms with Crippen LogP contribution in [-0.4, -0.2) is 40.8 Å². The van der Waals surface area contributed by atoms with Crippen LogP contribution in [0.3, 0.4) is 0 Å². The Morgan fingerprint density at radius 1 is 1.00 bits per heavy atom. The first kappa shape index (κ1) is 19.3. The van der Waals surface area contributed by atoms with Crippen molar-refractivity contribution in [1.82, 2.24) is 0 Å². The maximum atomic E-state index is 6.51. The molecule has 0 saturated heterocycles. The fourth-order valence-corrected chi connectivity index (χ4v) is 7.69. The lowest BCUT2D eigenvalue weighted by Gasteiger charge is -2.44. The van der Waals surface area contributed by atoms with E-state index >= 15 is 0 Å². The Morgan fingerprint density at radius 2 is 1.53 bits per heavy atom. The summed E-state index contributed by atoms with van der Waals surface area (Å²) in [5, 5.41) is -0.132. The summed E-state index contributed by atoms with van der Waals surface area (Å²) in [5.41, 5.74) is 0.195. The van der Waals surface area contributed by atoms with Crippen LogP contribution >= 0.6 is 0 Å². The van der Waals surface area contributed by atoms with Gasteiger partial charge in [0.2, 0.25) is 16.6 Å². The Labute approximate surface area is 122 Å². The Kier molecular flexibility index (Phi) is 7.48. The van der Waals surface area contributed by atoms with Crippen molar-refractivity contribution < 1.29 is 13.6 Å². The van der Waals surface area contributed by atoms with Gasteiger partial charge in [-0.25, -0.2) is 0 Å². The zero-order valence-electron chi connectivity index (χ0n) is 14.4. The van der Waals surface area contributed by atoms with Gasteiger partial charge in [-0.05, 0) is 60.3 Å². The Hall–Kier alpha value is 0.314. The number of rotatable bonds is 9. The molecule has 2 unspecified atom stereocenters. The molecule has 0 aromatic carbocycles. The van der Waals surface area contributed by atoms with Gasteiger partial charge in [0.15, 0.2) is 0 Å². The van der Waals surface area contributed by atoms with Gasteiger partial charge in [-0.15, -0.1) is 0 Å². The van der Waals surface area contributed by atoms with Crippen molar-refractivity contribution in [2.45, 2.75) is 78.2 Å². The fraction of sp³-hybridized carbons (Fsp3) is 1.00. The third-order valence-electron chi connectivity index (χ3n) is 4.38. The Morgan fingerprint density at radius 3 is 1.89 bits per heavy atom. The molecule has 5 heteroatoms. The first-order valence-electron chi connectivity index (χ1n) is 7.52. The zero-order chi connectivity index (χ0) is 15.3. The highest BCUT2D eigenvalue weighted by molar-refractivity contribution is 6.77. The highest BCUT2D eigenvalue weighted by Crippen LogP contribution is 2.31. The summed E-state index contributed by atoms with van der Waals surface area (Å²) >= 11 is 0. The molecule has 0 aliphatic carbocycles. The number of hydrogen-bond acceptors (Lipinski definition) is 3. The van der Waals surface area contributed by atoms with Gasteiger partial charge in [0.25, 0.3) is 0 Å². The molecule has 19 heavy (non-hydrogen) atoms. The van der Waals surface area contributed by atoms with E-state index in [2.05, 4.69) is 60.8 Å². The second-order valence-corrected chi connectivity index (χ2v) is 14.9. The summed E-state index contributed by atoms with van der Waals surface area (Å²) in [5.74, 6) is 0. The lowest BCUT2D eigenvalue weighted by molar-refractivity contribution is 0.00965. The summed E-state index contributed by atoms with van der Waals surface area (Å²) in [6.07, 6.45) is 0.989. The quantitative estimate of drug-likeness (QED) is 0.600. The fourth-order valence-electron chi connectivity index (χ4n) is 2.22. The maximum absolute atomic E-state index is 6.51. The highest BCUT2D eigenvalue weighted by Gasteiger charge is 2.47. The molecular weight excluding hydrogens is 272 g/mol. The molecule has 0 bridgehead atoms. The molecule has 0 rings (SSSR count).